The number of hydrogen-bond acceptors (Lipinski definition) is 10. The molecule has 0 amide bonds. The number of rotatable bonds is 8. The summed E-state index contributed by atoms with van der Waals surface area (Å²) in [5, 5.41) is 31.3. The summed E-state index contributed by atoms with van der Waals surface area (Å²) in [6, 6.07) is 0. The van der Waals surface area contributed by atoms with Crippen LogP contribution in [-0.2, 0) is 24.0 Å². The molecule has 38 heavy (non-hydrogen) atoms. The van der Waals surface area contributed by atoms with Crippen LogP contribution >= 0.6 is 0 Å². The molecular weight excluding hydrogens is 515 g/mol. The Hall–Kier alpha value is -2.87. The quantitative estimate of drug-likeness (QED) is 0.155. The van der Waals surface area contributed by atoms with E-state index in [1.54, 1.807) is 18.2 Å². The van der Waals surface area contributed by atoms with Crippen LogP contribution in [0.1, 0.15) is 19.3 Å². The second-order valence-corrected chi connectivity index (χ2v) is 9.68. The van der Waals surface area contributed by atoms with E-state index >= 15 is 0 Å². The maximum atomic E-state index is 13.6. The summed E-state index contributed by atoms with van der Waals surface area (Å²) in [6.45, 7) is -1.44. The standard InChI is InChI=1S/C25H30F3NO9/c26-25(27,28)20-4-2-1-3-17(20)21-8-14-6-5-13(7-18(14)22(32)29-21)19-9-15(36-23(19)33)12-35-24(34)38-37-16(10-30)11-31/h1-4,7-8,13-17,19-20,22,29-32H,5-6,9-12H2. The Morgan fingerprint density at radius 1 is 1.16 bits per heavy atom. The average Bonchev–Trinajstić information content (AvgIpc) is 3.27. The molecule has 0 aromatic carbocycles. The van der Waals surface area contributed by atoms with E-state index in [0.717, 1.165) is 6.08 Å². The third-order valence-corrected chi connectivity index (χ3v) is 7.18. The lowest BCUT2D eigenvalue weighted by Crippen LogP contribution is -2.43. The highest BCUT2D eigenvalue weighted by atomic mass is 19.4. The first-order valence-electron chi connectivity index (χ1n) is 12.3. The lowest BCUT2D eigenvalue weighted by molar-refractivity contribution is -0.297. The Morgan fingerprint density at radius 3 is 2.61 bits per heavy atom. The van der Waals surface area contributed by atoms with Gasteiger partial charge in [-0.25, -0.2) is 4.79 Å². The van der Waals surface area contributed by atoms with E-state index < -0.39 is 67.7 Å². The van der Waals surface area contributed by atoms with Gasteiger partial charge in [0, 0.05) is 24.0 Å². The molecule has 0 saturated carbocycles. The van der Waals surface area contributed by atoms with Crippen LogP contribution in [0.4, 0.5) is 18.0 Å². The highest BCUT2D eigenvalue weighted by Crippen LogP contribution is 2.44. The number of carbonyl (C=O) groups excluding carboxylic acids is 2. The molecule has 4 aliphatic rings. The lowest BCUT2D eigenvalue weighted by Gasteiger charge is -2.39. The number of aliphatic hydroxyl groups is 3. The molecule has 0 aromatic rings. The summed E-state index contributed by atoms with van der Waals surface area (Å²) in [7, 11) is 0. The van der Waals surface area contributed by atoms with Crippen molar-refractivity contribution in [3.8, 4) is 0 Å². The van der Waals surface area contributed by atoms with Crippen molar-refractivity contribution in [1.82, 2.24) is 5.32 Å². The molecule has 7 atom stereocenters. The topological polar surface area (TPSA) is 144 Å². The minimum Gasteiger partial charge on any atom is -0.458 e. The fourth-order valence-electron chi connectivity index (χ4n) is 5.26. The molecule has 7 unspecified atom stereocenters. The Bertz CT molecular complexity index is 1000. The number of esters is 1. The number of aliphatic hydroxyl groups excluding tert-OH is 3. The molecule has 1 fully saturated rings. The van der Waals surface area contributed by atoms with Crippen LogP contribution in [0.2, 0.25) is 0 Å². The Kier molecular flexibility index (Phi) is 8.81. The van der Waals surface area contributed by atoms with Gasteiger partial charge in [-0.1, -0.05) is 36.5 Å². The number of carbonyl (C=O) groups is 2. The van der Waals surface area contributed by atoms with E-state index in [-0.39, 0.29) is 24.9 Å². The Balaban J connectivity index is 1.35. The lowest BCUT2D eigenvalue weighted by atomic mass is 9.73. The summed E-state index contributed by atoms with van der Waals surface area (Å²) in [4.78, 5) is 33.0. The van der Waals surface area contributed by atoms with Gasteiger partial charge in [-0.15, -0.1) is 0 Å². The smallest absolute Gasteiger partial charge is 0.458 e. The summed E-state index contributed by atoms with van der Waals surface area (Å²) in [6.07, 6.45) is 1.68. The van der Waals surface area contributed by atoms with Crippen LogP contribution in [0.5, 0.6) is 0 Å². The maximum absolute atomic E-state index is 13.6. The van der Waals surface area contributed by atoms with Crippen LogP contribution in [0.25, 0.3) is 0 Å². The van der Waals surface area contributed by atoms with Gasteiger partial charge in [0.2, 0.25) is 0 Å². The molecule has 4 N–H and O–H groups in total. The molecule has 1 saturated heterocycles. The highest BCUT2D eigenvalue weighted by molar-refractivity contribution is 5.75. The van der Waals surface area contributed by atoms with E-state index in [0.29, 0.717) is 24.1 Å². The molecule has 4 rings (SSSR count). The minimum atomic E-state index is -4.43. The van der Waals surface area contributed by atoms with Gasteiger partial charge in [-0.2, -0.15) is 18.1 Å². The van der Waals surface area contributed by atoms with E-state index in [9.17, 15) is 27.9 Å². The van der Waals surface area contributed by atoms with E-state index in [1.807, 2.05) is 0 Å². The van der Waals surface area contributed by atoms with Gasteiger partial charge in [0.05, 0.1) is 25.0 Å². The fraction of sp³-hybridized carbons (Fsp3) is 0.600. The first-order chi connectivity index (χ1) is 18.1. The number of hydrogen-bond donors (Lipinski definition) is 4. The molecule has 13 heteroatoms. The minimum absolute atomic E-state index is 0.249. The third-order valence-electron chi connectivity index (χ3n) is 7.18. The van der Waals surface area contributed by atoms with Gasteiger partial charge >= 0.3 is 18.3 Å². The molecule has 2 heterocycles. The first kappa shape index (κ1) is 28.1. The molecule has 0 radical (unpaired) electrons. The molecule has 0 spiro atoms. The van der Waals surface area contributed by atoms with E-state index in [1.165, 1.54) is 12.2 Å². The first-order valence-corrected chi connectivity index (χ1v) is 12.3. The number of ether oxygens (including phenoxy) is 2. The van der Waals surface area contributed by atoms with Gasteiger partial charge in [-0.3, -0.25) is 9.68 Å². The number of alkyl halides is 3. The van der Waals surface area contributed by atoms with Crippen LogP contribution in [0.3, 0.4) is 0 Å². The molecule has 210 valence electrons. The zero-order valence-electron chi connectivity index (χ0n) is 20.3. The molecule has 0 aromatic heterocycles. The van der Waals surface area contributed by atoms with Gasteiger partial charge < -0.3 is 30.1 Å². The molecular formula is C25H30F3NO9. The van der Waals surface area contributed by atoms with Crippen molar-refractivity contribution in [3.05, 3.63) is 47.7 Å². The van der Waals surface area contributed by atoms with Crippen molar-refractivity contribution in [2.75, 3.05) is 19.8 Å². The Morgan fingerprint density at radius 2 is 1.89 bits per heavy atom. The average molecular weight is 546 g/mol. The van der Waals surface area contributed by atoms with Crippen LogP contribution < -0.4 is 5.32 Å². The number of allylic oxidation sites excluding steroid dienone is 6. The second kappa shape index (κ2) is 11.9. The van der Waals surface area contributed by atoms with Gasteiger partial charge in [0.1, 0.15) is 18.9 Å². The van der Waals surface area contributed by atoms with E-state index in [2.05, 4.69) is 15.1 Å². The largest absolute Gasteiger partial charge is 0.540 e. The van der Waals surface area contributed by atoms with Crippen molar-refractivity contribution < 1.29 is 57.3 Å². The fourth-order valence-corrected chi connectivity index (χ4v) is 5.26. The molecule has 2 aliphatic heterocycles. The molecule has 0 bridgehead atoms. The maximum Gasteiger partial charge on any atom is 0.540 e. The zero-order valence-corrected chi connectivity index (χ0v) is 20.3. The monoisotopic (exact) mass is 545 g/mol. The predicted octanol–water partition coefficient (Wildman–Crippen LogP) is 2.03. The third kappa shape index (κ3) is 6.40. The summed E-state index contributed by atoms with van der Waals surface area (Å²) in [5.74, 6) is -4.21. The van der Waals surface area contributed by atoms with Crippen LogP contribution in [0.15, 0.2) is 47.7 Å². The summed E-state index contributed by atoms with van der Waals surface area (Å²) >= 11 is 0. The highest BCUT2D eigenvalue weighted by Gasteiger charge is 2.46. The summed E-state index contributed by atoms with van der Waals surface area (Å²) in [5.41, 5.74) is 0.915. The number of fused-ring (bicyclic) bond motifs is 1. The van der Waals surface area contributed by atoms with Crippen LogP contribution in [0, 0.1) is 29.6 Å². The zero-order chi connectivity index (χ0) is 27.4. The number of cyclic esters (lactones) is 1. The molecule has 2 aliphatic carbocycles. The normalized spacial score (nSPS) is 32.7. The number of halogens is 3. The predicted molar refractivity (Wildman–Crippen MR) is 122 cm³/mol. The van der Waals surface area contributed by atoms with Crippen molar-refractivity contribution in [2.24, 2.45) is 29.6 Å². The number of nitrogens with one attached hydrogen (secondary N) is 1. The van der Waals surface area contributed by atoms with Gasteiger partial charge in [0.25, 0.3) is 0 Å². The van der Waals surface area contributed by atoms with Crippen molar-refractivity contribution in [2.45, 2.75) is 43.9 Å². The van der Waals surface area contributed by atoms with E-state index in [4.69, 9.17) is 19.7 Å². The summed E-state index contributed by atoms with van der Waals surface area (Å²) < 4.78 is 50.8. The van der Waals surface area contributed by atoms with Crippen molar-refractivity contribution in [1.29, 1.82) is 0 Å². The van der Waals surface area contributed by atoms with Gasteiger partial charge in [0.15, 0.2) is 6.10 Å². The van der Waals surface area contributed by atoms with Crippen molar-refractivity contribution in [3.63, 3.8) is 0 Å². The van der Waals surface area contributed by atoms with Crippen LogP contribution in [-0.4, -0.2) is 71.9 Å². The van der Waals surface area contributed by atoms with Crippen molar-refractivity contribution >= 4 is 12.1 Å². The van der Waals surface area contributed by atoms with Gasteiger partial charge in [-0.05, 0) is 24.3 Å². The Labute approximate surface area is 216 Å². The SMILES string of the molecule is O=C(OCC1CC(C2C=C3C(C=C(C4C=CC=CC4C(F)(F)F)NC3O)CC2)C(=O)O1)OOC(CO)CO. The second-order valence-electron chi connectivity index (χ2n) is 9.68. The molecule has 10 nitrogen and oxygen atoms in total.